The van der Waals surface area contributed by atoms with Crippen LogP contribution in [0.4, 0.5) is 0 Å². The van der Waals surface area contributed by atoms with E-state index in [4.69, 9.17) is 9.97 Å². The highest BCUT2D eigenvalue weighted by Gasteiger charge is 2.27. The maximum Gasteiger partial charge on any atom is 0.149 e. The van der Waals surface area contributed by atoms with Crippen molar-refractivity contribution < 1.29 is 5.11 Å². The molecule has 0 saturated carbocycles. The molecule has 0 aliphatic heterocycles. The molecule has 1 N–H and O–H groups in total. The van der Waals surface area contributed by atoms with Crippen molar-refractivity contribution in [2.75, 3.05) is 0 Å². The lowest BCUT2D eigenvalue weighted by Gasteiger charge is -2.26. The Morgan fingerprint density at radius 2 is 0.901 bits per heavy atom. The molecule has 3 heterocycles. The fraction of sp³-hybridized carbons (Fsp3) is 0.211. The van der Waals surface area contributed by atoms with Crippen LogP contribution in [0.2, 0.25) is 0 Å². The number of benzene rings is 9. The Morgan fingerprint density at radius 3 is 1.58 bits per heavy atom. The number of para-hydroxylation sites is 3. The summed E-state index contributed by atoms with van der Waals surface area (Å²) in [6.45, 7) is 27.5. The van der Waals surface area contributed by atoms with E-state index in [0.717, 1.165) is 72.5 Å². The van der Waals surface area contributed by atoms with E-state index >= 15 is 0 Å². The first-order valence-corrected chi connectivity index (χ1v) is 28.5. The third-order valence-corrected chi connectivity index (χ3v) is 16.3. The maximum atomic E-state index is 11.5. The van der Waals surface area contributed by atoms with E-state index in [-0.39, 0.29) is 27.4 Å². The van der Waals surface area contributed by atoms with Gasteiger partial charge in [-0.1, -0.05) is 192 Å². The molecule has 0 aliphatic rings. The largest absolute Gasteiger partial charge is 0.507 e. The molecule has 0 amide bonds. The summed E-state index contributed by atoms with van der Waals surface area (Å²) in [6.07, 6.45) is 1.96. The van der Waals surface area contributed by atoms with Gasteiger partial charge in [-0.3, -0.25) is 9.55 Å². The van der Waals surface area contributed by atoms with E-state index in [1.54, 1.807) is 6.07 Å². The molecular formula is C76H72N4O. The SMILES string of the molecule is CC(C)(C)c1cc(-n2c3ccccc3c3cc(-c4ccnc(-c5cc(-c6cc(C(C)(C)C)ccc6-c6ccccc6)cc(-c6cc(C(C)(C)C)cc7c6nc(-c6ccccc6O)n7-c6ccccc6)c5)c4)ccc32)cc(C(C)(C)C)c1. The maximum absolute atomic E-state index is 11.5. The van der Waals surface area contributed by atoms with Crippen molar-refractivity contribution in [2.24, 2.45) is 0 Å². The molecule has 0 atom stereocenters. The molecule has 0 unspecified atom stereocenters. The third-order valence-electron chi connectivity index (χ3n) is 16.3. The van der Waals surface area contributed by atoms with E-state index in [9.17, 15) is 5.11 Å². The molecule has 81 heavy (non-hydrogen) atoms. The molecule has 5 nitrogen and oxygen atoms in total. The van der Waals surface area contributed by atoms with Crippen LogP contribution >= 0.6 is 0 Å². The van der Waals surface area contributed by atoms with Gasteiger partial charge >= 0.3 is 0 Å². The molecule has 0 spiro atoms. The third kappa shape index (κ3) is 9.94. The summed E-state index contributed by atoms with van der Waals surface area (Å²) in [5, 5.41) is 13.9. The fourth-order valence-corrected chi connectivity index (χ4v) is 11.5. The zero-order valence-corrected chi connectivity index (χ0v) is 48.9. The lowest BCUT2D eigenvalue weighted by Crippen LogP contribution is -2.17. The van der Waals surface area contributed by atoms with Crippen LogP contribution in [0.1, 0.15) is 105 Å². The average molecular weight is 1060 g/mol. The Hall–Kier alpha value is -8.80. The van der Waals surface area contributed by atoms with Crippen LogP contribution in [0.3, 0.4) is 0 Å². The zero-order chi connectivity index (χ0) is 56.8. The molecular weight excluding hydrogens is 985 g/mol. The van der Waals surface area contributed by atoms with E-state index in [1.807, 2.05) is 30.5 Å². The van der Waals surface area contributed by atoms with Gasteiger partial charge in [-0.25, -0.2) is 4.98 Å². The van der Waals surface area contributed by atoms with Gasteiger partial charge in [-0.15, -0.1) is 0 Å². The molecule has 0 bridgehead atoms. The number of phenols is 1. The molecule has 12 rings (SSSR count). The second kappa shape index (κ2) is 19.8. The molecule has 0 radical (unpaired) electrons. The summed E-state index contributed by atoms with van der Waals surface area (Å²) in [6, 6.07) is 74.6. The van der Waals surface area contributed by atoms with Crippen LogP contribution in [0.5, 0.6) is 5.75 Å². The number of fused-ring (bicyclic) bond motifs is 4. The van der Waals surface area contributed by atoms with E-state index in [1.165, 1.54) is 49.7 Å². The van der Waals surface area contributed by atoms with Gasteiger partial charge in [0.25, 0.3) is 0 Å². The van der Waals surface area contributed by atoms with Gasteiger partial charge in [-0.2, -0.15) is 0 Å². The van der Waals surface area contributed by atoms with Crippen molar-refractivity contribution in [1.29, 1.82) is 0 Å². The van der Waals surface area contributed by atoms with Crippen molar-refractivity contribution in [3.05, 3.63) is 235 Å². The number of nitrogens with zero attached hydrogens (tertiary/aromatic N) is 4. The number of phenolic OH excluding ortho intramolecular Hbond substituents is 1. The highest BCUT2D eigenvalue weighted by molar-refractivity contribution is 6.10. The van der Waals surface area contributed by atoms with Crippen LogP contribution < -0.4 is 0 Å². The molecule has 0 saturated heterocycles. The molecule has 0 fully saturated rings. The van der Waals surface area contributed by atoms with E-state index in [0.29, 0.717) is 11.4 Å². The Bertz CT molecular complexity index is 4340. The number of aromatic hydroxyl groups is 1. The summed E-state index contributed by atoms with van der Waals surface area (Å²) in [7, 11) is 0. The van der Waals surface area contributed by atoms with Crippen molar-refractivity contribution in [1.82, 2.24) is 19.1 Å². The van der Waals surface area contributed by atoms with Crippen LogP contribution in [0.15, 0.2) is 212 Å². The lowest BCUT2D eigenvalue weighted by atomic mass is 9.80. The first kappa shape index (κ1) is 52.9. The number of hydrogen-bond acceptors (Lipinski definition) is 3. The Balaban J connectivity index is 1.10. The predicted molar refractivity (Wildman–Crippen MR) is 342 cm³/mol. The summed E-state index contributed by atoms with van der Waals surface area (Å²) in [4.78, 5) is 10.8. The van der Waals surface area contributed by atoms with Crippen molar-refractivity contribution in [2.45, 2.75) is 105 Å². The highest BCUT2D eigenvalue weighted by atomic mass is 16.3. The number of aromatic nitrogens is 4. The monoisotopic (exact) mass is 1060 g/mol. The molecule has 0 aliphatic carbocycles. The summed E-state index contributed by atoms with van der Waals surface area (Å²) >= 11 is 0. The van der Waals surface area contributed by atoms with Crippen molar-refractivity contribution in [3.63, 3.8) is 0 Å². The van der Waals surface area contributed by atoms with E-state index < -0.39 is 0 Å². The zero-order valence-electron chi connectivity index (χ0n) is 48.9. The second-order valence-corrected chi connectivity index (χ2v) is 26.2. The number of pyridine rings is 1. The standard InChI is InChI=1S/C76H72N4O/c1-73(2,3)54-32-33-60(48-23-15-13-16-24-48)63(45-54)51-37-52(64-46-57(76(10,11)12)47-69-71(64)78-72(62-28-20-22-30-70(62)81)80(69)58-25-17-14-18-26-58)39-53(38-51)66-41-50(35-36-77-66)49-31-34-68-65(40-49)61-27-19-21-29-67(61)79(68)59-43-55(74(4,5)6)42-56(44-59)75(7,8)9/h13-47,81H,1-12H3. The molecule has 9 aromatic carbocycles. The minimum absolute atomic E-state index is 0.0211. The average Bonchev–Trinajstić information content (AvgIpc) is 4.05. The first-order chi connectivity index (χ1) is 38.6. The Labute approximate surface area is 478 Å². The minimum Gasteiger partial charge on any atom is -0.507 e. The van der Waals surface area contributed by atoms with Gasteiger partial charge in [0.1, 0.15) is 11.6 Å². The number of rotatable bonds is 8. The predicted octanol–water partition coefficient (Wildman–Crippen LogP) is 20.4. The van der Waals surface area contributed by atoms with Gasteiger partial charge in [0.05, 0.1) is 33.3 Å². The van der Waals surface area contributed by atoms with Gasteiger partial charge in [0, 0.05) is 39.5 Å². The first-order valence-electron chi connectivity index (χ1n) is 28.5. The van der Waals surface area contributed by atoms with E-state index in [2.05, 4.69) is 268 Å². The second-order valence-electron chi connectivity index (χ2n) is 26.2. The van der Waals surface area contributed by atoms with Crippen molar-refractivity contribution >= 4 is 32.8 Å². The molecule has 5 heteroatoms. The van der Waals surface area contributed by atoms with Crippen LogP contribution in [-0.2, 0) is 21.7 Å². The number of imidazole rings is 1. The van der Waals surface area contributed by atoms with Crippen LogP contribution in [0.25, 0.3) is 111 Å². The summed E-state index contributed by atoms with van der Waals surface area (Å²) < 4.78 is 4.67. The minimum atomic E-state index is -0.221. The quantitative estimate of drug-likeness (QED) is 0.165. The molecule has 12 aromatic rings. The van der Waals surface area contributed by atoms with Gasteiger partial charge in [0.15, 0.2) is 0 Å². The van der Waals surface area contributed by atoms with Gasteiger partial charge in [-0.05, 0) is 180 Å². The topological polar surface area (TPSA) is 55.9 Å². The number of hydrogen-bond donors (Lipinski definition) is 1. The molecule has 402 valence electrons. The highest BCUT2D eigenvalue weighted by Crippen LogP contribution is 2.45. The smallest absolute Gasteiger partial charge is 0.149 e. The van der Waals surface area contributed by atoms with Gasteiger partial charge < -0.3 is 9.67 Å². The summed E-state index contributed by atoms with van der Waals surface area (Å²) in [5.74, 6) is 0.847. The normalized spacial score (nSPS) is 12.5. The summed E-state index contributed by atoms with van der Waals surface area (Å²) in [5.41, 5.74) is 22.3. The van der Waals surface area contributed by atoms with Crippen LogP contribution in [0, 0.1) is 0 Å². The lowest BCUT2D eigenvalue weighted by molar-refractivity contribution is 0.477. The van der Waals surface area contributed by atoms with Crippen molar-refractivity contribution in [3.8, 4) is 84.3 Å². The van der Waals surface area contributed by atoms with Gasteiger partial charge in [0.2, 0.25) is 0 Å². The Kier molecular flexibility index (Phi) is 12.9. The van der Waals surface area contributed by atoms with Crippen LogP contribution in [-0.4, -0.2) is 24.2 Å². The molecule has 3 aromatic heterocycles. The Morgan fingerprint density at radius 1 is 0.333 bits per heavy atom. The fourth-order valence-electron chi connectivity index (χ4n) is 11.5.